The van der Waals surface area contributed by atoms with Crippen molar-refractivity contribution in [2.24, 2.45) is 0 Å². The number of hydrogen-bond donors (Lipinski definition) is 0. The van der Waals surface area contributed by atoms with Crippen LogP contribution in [0.4, 0.5) is 4.79 Å². The Morgan fingerprint density at radius 1 is 0.657 bits per heavy atom. The van der Waals surface area contributed by atoms with Crippen molar-refractivity contribution in [3.63, 3.8) is 0 Å². The zero-order valence-electron chi connectivity index (χ0n) is 21.1. The lowest BCUT2D eigenvalue weighted by molar-refractivity contribution is 0.139. The Morgan fingerprint density at radius 2 is 1.26 bits per heavy atom. The molecule has 5 heteroatoms. The number of hydrogen-bond acceptors (Lipinski definition) is 5. The predicted octanol–water partition coefficient (Wildman–Crippen LogP) is 9.00. The molecule has 3 aromatic rings. The van der Waals surface area contributed by atoms with Gasteiger partial charge < -0.3 is 18.6 Å². The second-order valence-corrected chi connectivity index (χ2v) is 8.80. The number of unbranched alkanes of at least 4 members (excludes halogenated alkanes) is 7. The average Bonchev–Trinajstić information content (AvgIpc) is 3.31. The maximum absolute atomic E-state index is 12.1. The van der Waals surface area contributed by atoms with E-state index >= 15 is 0 Å². The summed E-state index contributed by atoms with van der Waals surface area (Å²) in [7, 11) is 0. The lowest BCUT2D eigenvalue weighted by Gasteiger charge is -2.08. The summed E-state index contributed by atoms with van der Waals surface area (Å²) in [5, 5.41) is 0. The number of ether oxygens (including phenoxy) is 3. The molecule has 0 atom stereocenters. The standard InChI is InChI=1S/C30H38O5/c1-3-5-7-8-9-11-23-32-26-17-13-24(14-18-26)25-15-19-28(20-16-25)34-30(31)35-29-22-21-27(33-29)12-10-6-4-2/h13-22H,3-12,23H2,1-2H3. The van der Waals surface area contributed by atoms with Crippen molar-refractivity contribution < 1.29 is 23.4 Å². The van der Waals surface area contributed by atoms with Crippen LogP contribution in [0.25, 0.3) is 11.1 Å². The molecule has 188 valence electrons. The SMILES string of the molecule is CCCCCCCCOc1ccc(-c2ccc(OC(=O)Oc3ccc(CCCCC)o3)cc2)cc1. The van der Waals surface area contributed by atoms with Gasteiger partial charge in [0.05, 0.1) is 6.61 Å². The molecule has 0 amide bonds. The van der Waals surface area contributed by atoms with Crippen molar-refractivity contribution in [2.75, 3.05) is 6.61 Å². The van der Waals surface area contributed by atoms with Crippen LogP contribution in [0.2, 0.25) is 0 Å². The van der Waals surface area contributed by atoms with Gasteiger partial charge in [-0.1, -0.05) is 83.1 Å². The summed E-state index contributed by atoms with van der Waals surface area (Å²) in [5.41, 5.74) is 2.09. The molecule has 0 N–H and O–H groups in total. The molecule has 0 aliphatic heterocycles. The number of furan rings is 1. The van der Waals surface area contributed by atoms with Gasteiger partial charge in [0, 0.05) is 12.5 Å². The van der Waals surface area contributed by atoms with Gasteiger partial charge in [0.15, 0.2) is 0 Å². The van der Waals surface area contributed by atoms with Crippen molar-refractivity contribution in [3.8, 4) is 28.6 Å². The van der Waals surface area contributed by atoms with E-state index in [9.17, 15) is 4.79 Å². The smallest absolute Gasteiger partial charge is 0.494 e. The monoisotopic (exact) mass is 478 g/mol. The third kappa shape index (κ3) is 9.51. The van der Waals surface area contributed by atoms with E-state index in [2.05, 4.69) is 13.8 Å². The summed E-state index contributed by atoms with van der Waals surface area (Å²) in [6, 6.07) is 18.9. The summed E-state index contributed by atoms with van der Waals surface area (Å²) in [4.78, 5) is 12.1. The first-order valence-corrected chi connectivity index (χ1v) is 13.0. The van der Waals surface area contributed by atoms with Crippen LogP contribution in [0.5, 0.6) is 17.4 Å². The molecule has 0 radical (unpaired) electrons. The number of carbonyl (C=O) groups is 1. The minimum Gasteiger partial charge on any atom is -0.494 e. The zero-order valence-corrected chi connectivity index (χ0v) is 21.1. The zero-order chi connectivity index (χ0) is 24.7. The Bertz CT molecular complexity index is 988. The fraction of sp³-hybridized carbons (Fsp3) is 0.433. The van der Waals surface area contributed by atoms with E-state index in [0.29, 0.717) is 5.75 Å². The molecule has 0 saturated carbocycles. The fourth-order valence-corrected chi connectivity index (χ4v) is 3.83. The highest BCUT2D eigenvalue weighted by molar-refractivity contribution is 5.68. The second-order valence-electron chi connectivity index (χ2n) is 8.80. The molecule has 0 spiro atoms. The Morgan fingerprint density at radius 3 is 1.94 bits per heavy atom. The minimum absolute atomic E-state index is 0.150. The van der Waals surface area contributed by atoms with E-state index in [1.54, 1.807) is 18.2 Å². The van der Waals surface area contributed by atoms with Gasteiger partial charge in [0.25, 0.3) is 5.95 Å². The van der Waals surface area contributed by atoms with Crippen LogP contribution < -0.4 is 14.2 Å². The quantitative estimate of drug-likeness (QED) is 0.124. The molecular weight excluding hydrogens is 440 g/mol. The number of benzene rings is 2. The topological polar surface area (TPSA) is 57.9 Å². The van der Waals surface area contributed by atoms with Gasteiger partial charge in [-0.3, -0.25) is 0 Å². The van der Waals surface area contributed by atoms with Gasteiger partial charge in [0.2, 0.25) is 0 Å². The molecule has 1 heterocycles. The number of aryl methyl sites for hydroxylation is 1. The van der Waals surface area contributed by atoms with Crippen molar-refractivity contribution >= 4 is 6.16 Å². The van der Waals surface area contributed by atoms with Crippen LogP contribution in [0.15, 0.2) is 65.1 Å². The normalized spacial score (nSPS) is 10.8. The van der Waals surface area contributed by atoms with Crippen LogP contribution in [-0.2, 0) is 6.42 Å². The van der Waals surface area contributed by atoms with Gasteiger partial charge in [-0.25, -0.2) is 4.79 Å². The van der Waals surface area contributed by atoms with Crippen LogP contribution in [0, 0.1) is 0 Å². The summed E-state index contributed by atoms with van der Waals surface area (Å²) in [6.45, 7) is 5.15. The molecule has 0 fully saturated rings. The van der Waals surface area contributed by atoms with Crippen LogP contribution >= 0.6 is 0 Å². The van der Waals surface area contributed by atoms with Gasteiger partial charge in [-0.05, 0) is 54.3 Å². The molecule has 0 unspecified atom stereocenters. The van der Waals surface area contributed by atoms with Crippen LogP contribution in [0.3, 0.4) is 0 Å². The molecule has 5 nitrogen and oxygen atoms in total. The number of rotatable bonds is 15. The second kappa shape index (κ2) is 14.9. The van der Waals surface area contributed by atoms with E-state index in [1.165, 1.54) is 32.1 Å². The van der Waals surface area contributed by atoms with Crippen molar-refractivity contribution in [1.29, 1.82) is 0 Å². The third-order valence-corrected chi connectivity index (χ3v) is 5.86. The van der Waals surface area contributed by atoms with E-state index in [0.717, 1.165) is 61.3 Å². The number of carbonyl (C=O) groups excluding carboxylic acids is 1. The molecular formula is C30H38O5. The maximum Gasteiger partial charge on any atom is 0.521 e. The van der Waals surface area contributed by atoms with Crippen molar-refractivity contribution in [3.05, 3.63) is 66.4 Å². The first-order valence-electron chi connectivity index (χ1n) is 13.0. The highest BCUT2D eigenvalue weighted by Crippen LogP contribution is 2.25. The predicted molar refractivity (Wildman–Crippen MR) is 139 cm³/mol. The Kier molecular flexibility index (Phi) is 11.3. The first-order chi connectivity index (χ1) is 17.2. The lowest BCUT2D eigenvalue weighted by Crippen LogP contribution is -2.13. The molecule has 0 saturated heterocycles. The third-order valence-electron chi connectivity index (χ3n) is 5.86. The lowest BCUT2D eigenvalue weighted by atomic mass is 10.1. The Labute approximate surface area is 209 Å². The largest absolute Gasteiger partial charge is 0.521 e. The van der Waals surface area contributed by atoms with E-state index in [1.807, 2.05) is 42.5 Å². The average molecular weight is 479 g/mol. The molecule has 0 aliphatic rings. The highest BCUT2D eigenvalue weighted by Gasteiger charge is 2.12. The molecule has 3 rings (SSSR count). The molecule has 35 heavy (non-hydrogen) atoms. The summed E-state index contributed by atoms with van der Waals surface area (Å²) < 4.78 is 21.8. The fourth-order valence-electron chi connectivity index (χ4n) is 3.83. The van der Waals surface area contributed by atoms with E-state index in [-0.39, 0.29) is 5.95 Å². The highest BCUT2D eigenvalue weighted by atomic mass is 16.8. The van der Waals surface area contributed by atoms with Crippen molar-refractivity contribution in [2.45, 2.75) is 78.1 Å². The Hall–Kier alpha value is -3.21. The molecule has 0 aliphatic carbocycles. The van der Waals surface area contributed by atoms with E-state index in [4.69, 9.17) is 18.6 Å². The van der Waals surface area contributed by atoms with Crippen LogP contribution in [0.1, 0.15) is 77.4 Å². The molecule has 2 aromatic carbocycles. The maximum atomic E-state index is 12.1. The summed E-state index contributed by atoms with van der Waals surface area (Å²) >= 11 is 0. The van der Waals surface area contributed by atoms with E-state index < -0.39 is 6.16 Å². The van der Waals surface area contributed by atoms with Gasteiger partial charge >= 0.3 is 6.16 Å². The van der Waals surface area contributed by atoms with Crippen LogP contribution in [-0.4, -0.2) is 12.8 Å². The van der Waals surface area contributed by atoms with Gasteiger partial charge in [-0.15, -0.1) is 0 Å². The van der Waals surface area contributed by atoms with Gasteiger partial charge in [-0.2, -0.15) is 0 Å². The Balaban J connectivity index is 1.41. The molecule has 0 bridgehead atoms. The van der Waals surface area contributed by atoms with Crippen molar-refractivity contribution in [1.82, 2.24) is 0 Å². The first kappa shape index (κ1) is 26.4. The molecule has 1 aromatic heterocycles. The summed E-state index contributed by atoms with van der Waals surface area (Å²) in [6.07, 6.45) is 10.9. The van der Waals surface area contributed by atoms with Gasteiger partial charge in [0.1, 0.15) is 17.3 Å². The summed E-state index contributed by atoms with van der Waals surface area (Å²) in [5.74, 6) is 2.25. The minimum atomic E-state index is -0.820.